The maximum Gasteiger partial charge on any atom is 0.265 e. The van der Waals surface area contributed by atoms with Gasteiger partial charge in [0.25, 0.3) is 15.9 Å². The predicted octanol–water partition coefficient (Wildman–Crippen LogP) is 3.74. The van der Waals surface area contributed by atoms with Gasteiger partial charge in [-0.15, -0.1) is 0 Å². The quantitative estimate of drug-likeness (QED) is 0.498. The average Bonchev–Trinajstić information content (AvgIpc) is 3.55. The number of sulfonamides is 1. The van der Waals surface area contributed by atoms with Crippen LogP contribution in [0.3, 0.4) is 0 Å². The third kappa shape index (κ3) is 4.04. The number of amides is 1. The first-order valence-corrected chi connectivity index (χ1v) is 12.4. The fourth-order valence-electron chi connectivity index (χ4n) is 3.75. The van der Waals surface area contributed by atoms with Gasteiger partial charge >= 0.3 is 0 Å². The molecule has 11 heteroatoms. The van der Waals surface area contributed by atoms with E-state index in [-0.39, 0.29) is 41.3 Å². The molecule has 5 rings (SSSR count). The lowest BCUT2D eigenvalue weighted by Crippen LogP contribution is -2.39. The first-order valence-electron chi connectivity index (χ1n) is 10.6. The minimum atomic E-state index is -3.98. The molecule has 172 valence electrons. The van der Waals surface area contributed by atoms with E-state index in [1.165, 1.54) is 21.3 Å². The molecule has 1 fully saturated rings. The van der Waals surface area contributed by atoms with Gasteiger partial charge in [0, 0.05) is 18.5 Å². The number of anilines is 2. The molecule has 0 spiro atoms. The third-order valence-corrected chi connectivity index (χ3v) is 7.93. The van der Waals surface area contributed by atoms with Crippen LogP contribution in [0.25, 0.3) is 0 Å². The van der Waals surface area contributed by atoms with E-state index in [9.17, 15) is 13.2 Å². The van der Waals surface area contributed by atoms with Gasteiger partial charge in [0.1, 0.15) is 10.6 Å². The summed E-state index contributed by atoms with van der Waals surface area (Å²) < 4.78 is 39.0. The van der Waals surface area contributed by atoms with E-state index in [1.54, 1.807) is 31.2 Å². The summed E-state index contributed by atoms with van der Waals surface area (Å²) in [5, 5.41) is 3.95. The number of para-hydroxylation sites is 1. The summed E-state index contributed by atoms with van der Waals surface area (Å²) in [4.78, 5) is 18.3. The van der Waals surface area contributed by atoms with Crippen molar-refractivity contribution in [2.45, 2.75) is 37.1 Å². The molecule has 1 aromatic heterocycles. The number of carbonyl (C=O) groups is 1. The second-order valence-corrected chi connectivity index (χ2v) is 10.1. The second-order valence-electron chi connectivity index (χ2n) is 7.85. The van der Waals surface area contributed by atoms with Gasteiger partial charge in [-0.2, -0.15) is 4.98 Å². The van der Waals surface area contributed by atoms with Crippen LogP contribution in [0.4, 0.5) is 11.4 Å². The highest BCUT2D eigenvalue weighted by atomic mass is 35.5. The molecular formula is C22H21ClN4O5S. The molecule has 1 aliphatic carbocycles. The zero-order valence-electron chi connectivity index (χ0n) is 17.8. The maximum absolute atomic E-state index is 13.5. The summed E-state index contributed by atoms with van der Waals surface area (Å²) in [5.41, 5.74) is 0.880. The normalized spacial score (nSPS) is 15.8. The van der Waals surface area contributed by atoms with Crippen LogP contribution in [0, 0.1) is 0 Å². The first-order chi connectivity index (χ1) is 15.9. The highest BCUT2D eigenvalue weighted by molar-refractivity contribution is 7.93. The van der Waals surface area contributed by atoms with Crippen molar-refractivity contribution in [2.75, 3.05) is 22.4 Å². The molecule has 2 aromatic carbocycles. The fourth-order valence-corrected chi connectivity index (χ4v) is 5.74. The molecule has 0 unspecified atom stereocenters. The van der Waals surface area contributed by atoms with Crippen LogP contribution >= 0.6 is 11.6 Å². The van der Waals surface area contributed by atoms with Gasteiger partial charge in [0.2, 0.25) is 5.89 Å². The highest BCUT2D eigenvalue weighted by Gasteiger charge is 2.34. The summed E-state index contributed by atoms with van der Waals surface area (Å²) in [5.74, 6) is 1.17. The standard InChI is InChI=1S/C22H21ClN4O5S/c1-2-27(15-6-4-3-5-7-15)33(29,30)19-11-18-17(10-16(19)23)26(21(28)13-31-18)12-20-24-22(32-25-20)14-8-9-14/h3-7,10-11,14H,2,8-9,12-13H2,1H3. The third-order valence-electron chi connectivity index (χ3n) is 5.57. The molecule has 9 nitrogen and oxygen atoms in total. The van der Waals surface area contributed by atoms with Crippen molar-refractivity contribution in [3.63, 3.8) is 0 Å². The summed E-state index contributed by atoms with van der Waals surface area (Å²) in [7, 11) is -3.98. The fraction of sp³-hybridized carbons (Fsp3) is 0.318. The summed E-state index contributed by atoms with van der Waals surface area (Å²) in [6.45, 7) is 1.79. The van der Waals surface area contributed by atoms with Crippen molar-refractivity contribution < 1.29 is 22.5 Å². The lowest BCUT2D eigenvalue weighted by Gasteiger charge is -2.30. The van der Waals surface area contributed by atoms with E-state index >= 15 is 0 Å². The Hall–Kier alpha value is -3.11. The van der Waals surface area contributed by atoms with Crippen molar-refractivity contribution in [1.29, 1.82) is 0 Å². The van der Waals surface area contributed by atoms with Crippen LogP contribution in [-0.4, -0.2) is 37.6 Å². The Bertz CT molecular complexity index is 1310. The smallest absolute Gasteiger partial charge is 0.265 e. The summed E-state index contributed by atoms with van der Waals surface area (Å²) in [6, 6.07) is 11.6. The molecule has 3 aromatic rings. The Morgan fingerprint density at radius 1 is 1.21 bits per heavy atom. The van der Waals surface area contributed by atoms with E-state index < -0.39 is 10.0 Å². The van der Waals surface area contributed by atoms with E-state index in [2.05, 4.69) is 10.1 Å². The van der Waals surface area contributed by atoms with E-state index in [0.29, 0.717) is 29.0 Å². The molecule has 1 aliphatic heterocycles. The van der Waals surface area contributed by atoms with E-state index in [0.717, 1.165) is 12.8 Å². The van der Waals surface area contributed by atoms with Gasteiger partial charge < -0.3 is 9.26 Å². The number of fused-ring (bicyclic) bond motifs is 1. The van der Waals surface area contributed by atoms with Crippen LogP contribution in [0.15, 0.2) is 51.9 Å². The Morgan fingerprint density at radius 3 is 2.67 bits per heavy atom. The van der Waals surface area contributed by atoms with Gasteiger partial charge in [-0.05, 0) is 38.0 Å². The summed E-state index contributed by atoms with van der Waals surface area (Å²) >= 11 is 6.46. The highest BCUT2D eigenvalue weighted by Crippen LogP contribution is 2.41. The molecule has 0 atom stereocenters. The van der Waals surface area contributed by atoms with Crippen LogP contribution in [0.1, 0.15) is 37.4 Å². The SMILES string of the molecule is CCN(c1ccccc1)S(=O)(=O)c1cc2c(cc1Cl)N(Cc1noc(C3CC3)n1)C(=O)CO2. The zero-order chi connectivity index (χ0) is 23.2. The Balaban J connectivity index is 1.49. The molecule has 0 N–H and O–H groups in total. The van der Waals surface area contributed by atoms with Crippen molar-refractivity contribution in [1.82, 2.24) is 10.1 Å². The molecule has 2 heterocycles. The lowest BCUT2D eigenvalue weighted by atomic mass is 10.2. The first kappa shape index (κ1) is 21.7. The van der Waals surface area contributed by atoms with E-state index in [4.69, 9.17) is 20.9 Å². The average molecular weight is 489 g/mol. The minimum Gasteiger partial charge on any atom is -0.482 e. The number of benzene rings is 2. The Morgan fingerprint density at radius 2 is 1.97 bits per heavy atom. The number of hydrogen-bond acceptors (Lipinski definition) is 7. The monoisotopic (exact) mass is 488 g/mol. The van der Waals surface area contributed by atoms with Crippen LogP contribution in [0.5, 0.6) is 5.75 Å². The topological polar surface area (TPSA) is 106 Å². The number of carbonyl (C=O) groups excluding carboxylic acids is 1. The van der Waals surface area contributed by atoms with Crippen LogP contribution < -0.4 is 13.9 Å². The molecule has 0 radical (unpaired) electrons. The number of rotatable bonds is 7. The Labute approximate surface area is 195 Å². The molecule has 1 amide bonds. The van der Waals surface area contributed by atoms with Gasteiger partial charge in [-0.1, -0.05) is 35.0 Å². The van der Waals surface area contributed by atoms with Gasteiger partial charge in [-0.25, -0.2) is 8.42 Å². The maximum atomic E-state index is 13.5. The number of ether oxygens (including phenoxy) is 1. The minimum absolute atomic E-state index is 0.0155. The predicted molar refractivity (Wildman–Crippen MR) is 121 cm³/mol. The molecule has 2 aliphatic rings. The lowest BCUT2D eigenvalue weighted by molar-refractivity contribution is -0.121. The van der Waals surface area contributed by atoms with Gasteiger partial charge in [0.05, 0.1) is 22.9 Å². The number of nitrogens with zero attached hydrogens (tertiary/aromatic N) is 4. The molecule has 33 heavy (non-hydrogen) atoms. The van der Waals surface area contributed by atoms with Gasteiger partial charge in [-0.3, -0.25) is 14.0 Å². The molecule has 1 saturated carbocycles. The largest absolute Gasteiger partial charge is 0.482 e. The number of aromatic nitrogens is 2. The Kier molecular flexibility index (Phi) is 5.49. The van der Waals surface area contributed by atoms with E-state index in [1.807, 2.05) is 6.07 Å². The number of hydrogen-bond donors (Lipinski definition) is 0. The van der Waals surface area contributed by atoms with Crippen molar-refractivity contribution in [3.8, 4) is 5.75 Å². The second kappa shape index (κ2) is 8.35. The molecule has 0 saturated heterocycles. The number of halogens is 1. The van der Waals surface area contributed by atoms with Crippen molar-refractivity contribution >= 4 is 38.9 Å². The zero-order valence-corrected chi connectivity index (χ0v) is 19.3. The van der Waals surface area contributed by atoms with Crippen molar-refractivity contribution in [3.05, 3.63) is 59.2 Å². The van der Waals surface area contributed by atoms with Crippen LogP contribution in [-0.2, 0) is 21.4 Å². The summed E-state index contributed by atoms with van der Waals surface area (Å²) in [6.07, 6.45) is 2.04. The molecular weight excluding hydrogens is 468 g/mol. The van der Waals surface area contributed by atoms with Gasteiger partial charge in [0.15, 0.2) is 12.4 Å². The molecule has 0 bridgehead atoms. The van der Waals surface area contributed by atoms with Crippen LogP contribution in [0.2, 0.25) is 5.02 Å². The van der Waals surface area contributed by atoms with Crippen molar-refractivity contribution in [2.24, 2.45) is 0 Å².